The van der Waals surface area contributed by atoms with Crippen LogP contribution in [0.3, 0.4) is 0 Å². The van der Waals surface area contributed by atoms with E-state index in [0.717, 1.165) is 50.7 Å². The van der Waals surface area contributed by atoms with Gasteiger partial charge in [-0.15, -0.1) is 0 Å². The quantitative estimate of drug-likeness (QED) is 0.0464. The number of unbranched alkanes of at least 4 members (excludes halogenated alkanes) is 14. The molecule has 1 N–H and O–H groups in total. The molecule has 0 bridgehead atoms. The Hall–Kier alpha value is -1.38. The van der Waals surface area contributed by atoms with Gasteiger partial charge in [-0.1, -0.05) is 129 Å². The second kappa shape index (κ2) is 30.2. The van der Waals surface area contributed by atoms with Gasteiger partial charge in [-0.05, 0) is 76.5 Å². The number of amides is 1. The van der Waals surface area contributed by atoms with Crippen molar-refractivity contribution in [2.24, 2.45) is 11.0 Å². The first-order chi connectivity index (χ1) is 18.7. The highest BCUT2D eigenvalue weighted by molar-refractivity contribution is 5.86. The summed E-state index contributed by atoms with van der Waals surface area (Å²) in [6.07, 6.45) is 38.2. The fourth-order valence-corrected chi connectivity index (χ4v) is 4.87. The Labute approximate surface area is 238 Å². The van der Waals surface area contributed by atoms with E-state index in [2.05, 4.69) is 62.5 Å². The van der Waals surface area contributed by atoms with Gasteiger partial charge >= 0.3 is 0 Å². The van der Waals surface area contributed by atoms with Crippen LogP contribution in [0.25, 0.3) is 0 Å². The van der Waals surface area contributed by atoms with E-state index in [-0.39, 0.29) is 5.91 Å². The summed E-state index contributed by atoms with van der Waals surface area (Å²) in [6, 6.07) is 0. The van der Waals surface area contributed by atoms with Crippen molar-refractivity contribution in [3.05, 3.63) is 24.3 Å². The van der Waals surface area contributed by atoms with Crippen molar-refractivity contribution in [1.82, 2.24) is 5.43 Å². The van der Waals surface area contributed by atoms with Gasteiger partial charge in [-0.2, -0.15) is 5.10 Å². The molecule has 0 radical (unpaired) electrons. The van der Waals surface area contributed by atoms with Gasteiger partial charge in [0.15, 0.2) is 0 Å². The summed E-state index contributed by atoms with van der Waals surface area (Å²) in [5.41, 5.74) is 4.10. The first-order valence-corrected chi connectivity index (χ1v) is 16.8. The fraction of sp³-hybridized carbons (Fsp3) is 0.829. The number of hydrogen-bond acceptors (Lipinski definition) is 2. The summed E-state index contributed by atoms with van der Waals surface area (Å²) in [6.45, 7) is 9.00. The lowest BCUT2D eigenvalue weighted by Gasteiger charge is -2.14. The summed E-state index contributed by atoms with van der Waals surface area (Å²) < 4.78 is 0. The van der Waals surface area contributed by atoms with E-state index >= 15 is 0 Å². The molecule has 3 nitrogen and oxygen atoms in total. The highest BCUT2D eigenvalue weighted by Gasteiger charge is 2.12. The first-order valence-electron chi connectivity index (χ1n) is 16.8. The van der Waals surface area contributed by atoms with Crippen molar-refractivity contribution in [3.63, 3.8) is 0 Å². The van der Waals surface area contributed by atoms with Crippen molar-refractivity contribution >= 4 is 11.6 Å². The van der Waals surface area contributed by atoms with Gasteiger partial charge in [0.2, 0.25) is 5.91 Å². The molecule has 0 aromatic rings. The van der Waals surface area contributed by atoms with Crippen molar-refractivity contribution in [1.29, 1.82) is 0 Å². The second-order valence-corrected chi connectivity index (χ2v) is 11.3. The molecule has 1 amide bonds. The third-order valence-electron chi connectivity index (χ3n) is 7.56. The molecule has 0 aromatic carbocycles. The molecule has 0 saturated carbocycles. The van der Waals surface area contributed by atoms with Gasteiger partial charge in [0.05, 0.1) is 0 Å². The maximum absolute atomic E-state index is 12.7. The Kier molecular flexibility index (Phi) is 29.1. The monoisotopic (exact) mass is 531 g/mol. The molecular weight excluding hydrogens is 464 g/mol. The number of rotatable bonds is 28. The average molecular weight is 531 g/mol. The van der Waals surface area contributed by atoms with Crippen LogP contribution in [0, 0.1) is 5.92 Å². The minimum atomic E-state index is 0.101. The zero-order valence-corrected chi connectivity index (χ0v) is 26.2. The van der Waals surface area contributed by atoms with E-state index in [1.807, 2.05) is 0 Å². The Morgan fingerprint density at radius 3 is 1.55 bits per heavy atom. The van der Waals surface area contributed by atoms with Crippen LogP contribution in [0.2, 0.25) is 0 Å². The number of carbonyl (C=O) groups excluding carboxylic acids is 1. The summed E-state index contributed by atoms with van der Waals surface area (Å²) in [7, 11) is 0. The largest absolute Gasteiger partial charge is 0.273 e. The summed E-state index contributed by atoms with van der Waals surface area (Å²) in [4.78, 5) is 12.7. The van der Waals surface area contributed by atoms with Crippen molar-refractivity contribution in [2.75, 3.05) is 0 Å². The lowest BCUT2D eigenvalue weighted by Crippen LogP contribution is -2.22. The third-order valence-corrected chi connectivity index (χ3v) is 7.56. The lowest BCUT2D eigenvalue weighted by atomic mass is 9.94. The topological polar surface area (TPSA) is 41.5 Å². The maximum atomic E-state index is 12.7. The molecular formula is C35H66N2O. The van der Waals surface area contributed by atoms with Crippen LogP contribution in [-0.4, -0.2) is 11.6 Å². The second-order valence-electron chi connectivity index (χ2n) is 11.3. The van der Waals surface area contributed by atoms with Gasteiger partial charge in [0.25, 0.3) is 0 Å². The highest BCUT2D eigenvalue weighted by atomic mass is 16.2. The number of hydrazone groups is 1. The van der Waals surface area contributed by atoms with E-state index in [1.54, 1.807) is 0 Å². The van der Waals surface area contributed by atoms with E-state index in [9.17, 15) is 4.79 Å². The molecule has 0 spiro atoms. The lowest BCUT2D eigenvalue weighted by molar-refractivity contribution is -0.122. The number of nitrogens with one attached hydrogen (secondary N) is 1. The van der Waals surface area contributed by atoms with E-state index in [1.165, 1.54) is 103 Å². The molecule has 222 valence electrons. The SMILES string of the molecule is CCCCC/C=C\CCCC(CCC/C=C\CCCCC)=NNC(=O)CC(CC)CCCCCCCCC. The van der Waals surface area contributed by atoms with Crippen molar-refractivity contribution in [3.8, 4) is 0 Å². The van der Waals surface area contributed by atoms with Gasteiger partial charge in [0, 0.05) is 12.1 Å². The van der Waals surface area contributed by atoms with Gasteiger partial charge in [-0.25, -0.2) is 5.43 Å². The average Bonchev–Trinajstić information content (AvgIpc) is 2.92. The molecule has 0 aliphatic heterocycles. The molecule has 0 aliphatic rings. The summed E-state index contributed by atoms with van der Waals surface area (Å²) in [5.74, 6) is 0.587. The van der Waals surface area contributed by atoms with Crippen LogP contribution < -0.4 is 5.43 Å². The fourth-order valence-electron chi connectivity index (χ4n) is 4.87. The van der Waals surface area contributed by atoms with Crippen LogP contribution in [-0.2, 0) is 4.79 Å². The Balaban J connectivity index is 4.51. The molecule has 38 heavy (non-hydrogen) atoms. The molecule has 0 rings (SSSR count). The summed E-state index contributed by atoms with van der Waals surface area (Å²) in [5, 5.41) is 4.63. The zero-order valence-electron chi connectivity index (χ0n) is 26.2. The van der Waals surface area contributed by atoms with Crippen molar-refractivity contribution in [2.45, 2.75) is 182 Å². The first kappa shape index (κ1) is 36.6. The third kappa shape index (κ3) is 26.2. The molecule has 0 heterocycles. The smallest absolute Gasteiger partial charge is 0.240 e. The van der Waals surface area contributed by atoms with Crippen LogP contribution in [0.5, 0.6) is 0 Å². The Bertz CT molecular complexity index is 565. The van der Waals surface area contributed by atoms with E-state index in [0.29, 0.717) is 12.3 Å². The van der Waals surface area contributed by atoms with E-state index < -0.39 is 0 Å². The summed E-state index contributed by atoms with van der Waals surface area (Å²) >= 11 is 0. The maximum Gasteiger partial charge on any atom is 0.240 e. The minimum Gasteiger partial charge on any atom is -0.273 e. The Morgan fingerprint density at radius 1 is 0.605 bits per heavy atom. The number of hydrogen-bond donors (Lipinski definition) is 1. The molecule has 0 aromatic heterocycles. The van der Waals surface area contributed by atoms with Crippen LogP contribution >= 0.6 is 0 Å². The standard InChI is InChI=1S/C35H66N2O/c1-5-9-12-15-18-21-24-27-30-34(31-28-25-22-19-16-13-10-6-2)36-37-35(38)32-33(8-4)29-26-23-20-17-14-11-7-3/h18-19,21-22,33H,5-17,20,23-32H2,1-4H3,(H,37,38)/b21-18-,22-19-. The Morgan fingerprint density at radius 2 is 1.05 bits per heavy atom. The molecule has 1 atom stereocenters. The zero-order chi connectivity index (χ0) is 27.9. The van der Waals surface area contributed by atoms with Crippen LogP contribution in [0.1, 0.15) is 182 Å². The van der Waals surface area contributed by atoms with Crippen LogP contribution in [0.4, 0.5) is 0 Å². The molecule has 3 heteroatoms. The molecule has 1 unspecified atom stereocenters. The van der Waals surface area contributed by atoms with Gasteiger partial charge in [-0.3, -0.25) is 4.79 Å². The predicted molar refractivity (Wildman–Crippen MR) is 171 cm³/mol. The minimum absolute atomic E-state index is 0.101. The molecule has 0 saturated heterocycles. The highest BCUT2D eigenvalue weighted by Crippen LogP contribution is 2.18. The molecule has 0 fully saturated rings. The number of carbonyl (C=O) groups is 1. The predicted octanol–water partition coefficient (Wildman–Crippen LogP) is 11.6. The number of allylic oxidation sites excluding steroid dienone is 4. The molecule has 0 aliphatic carbocycles. The number of nitrogens with zero attached hydrogens (tertiary/aromatic N) is 1. The van der Waals surface area contributed by atoms with Crippen LogP contribution in [0.15, 0.2) is 29.4 Å². The normalized spacial score (nSPS) is 12.4. The van der Waals surface area contributed by atoms with E-state index in [4.69, 9.17) is 0 Å². The van der Waals surface area contributed by atoms with Gasteiger partial charge in [0.1, 0.15) is 0 Å². The van der Waals surface area contributed by atoms with Gasteiger partial charge < -0.3 is 0 Å². The van der Waals surface area contributed by atoms with Crippen molar-refractivity contribution < 1.29 is 4.79 Å².